The molecule has 6 nitrogen and oxygen atoms in total. The van der Waals surface area contributed by atoms with Gasteiger partial charge < -0.3 is 19.8 Å². The quantitative estimate of drug-likeness (QED) is 0.194. The Morgan fingerprint density at radius 2 is 1.91 bits per heavy atom. The van der Waals surface area contributed by atoms with Crippen LogP contribution in [-0.4, -0.2) is 49.7 Å². The van der Waals surface area contributed by atoms with Gasteiger partial charge >= 0.3 is 0 Å². The van der Waals surface area contributed by atoms with Crippen LogP contribution in [0.1, 0.15) is 48.8 Å². The Balaban J connectivity index is 0.00000363. The van der Waals surface area contributed by atoms with E-state index in [2.05, 4.69) is 63.8 Å². The molecule has 1 saturated heterocycles. The summed E-state index contributed by atoms with van der Waals surface area (Å²) in [7, 11) is 0. The van der Waals surface area contributed by atoms with Crippen LogP contribution in [-0.2, 0) is 17.8 Å². The third-order valence-electron chi connectivity index (χ3n) is 5.65. The van der Waals surface area contributed by atoms with Crippen molar-refractivity contribution in [2.45, 2.75) is 59.2 Å². The normalized spacial score (nSPS) is 15.4. The van der Waals surface area contributed by atoms with Crippen molar-refractivity contribution >= 4 is 29.9 Å². The van der Waals surface area contributed by atoms with E-state index in [1.165, 1.54) is 5.56 Å². The van der Waals surface area contributed by atoms with Gasteiger partial charge in [-0.1, -0.05) is 30.3 Å². The van der Waals surface area contributed by atoms with E-state index in [1.54, 1.807) is 0 Å². The number of halogens is 1. The van der Waals surface area contributed by atoms with Crippen molar-refractivity contribution in [1.29, 1.82) is 0 Å². The van der Waals surface area contributed by atoms with Gasteiger partial charge in [0.05, 0.1) is 12.6 Å². The molecule has 2 heterocycles. The molecule has 1 fully saturated rings. The maximum absolute atomic E-state index is 6.13. The van der Waals surface area contributed by atoms with Gasteiger partial charge in [-0.05, 0) is 51.7 Å². The zero-order chi connectivity index (χ0) is 21.9. The second-order valence-corrected chi connectivity index (χ2v) is 8.25. The van der Waals surface area contributed by atoms with Crippen LogP contribution in [0, 0.1) is 13.8 Å². The van der Waals surface area contributed by atoms with Crippen molar-refractivity contribution in [3.05, 3.63) is 59.0 Å². The predicted molar refractivity (Wildman–Crippen MR) is 142 cm³/mol. The fourth-order valence-electron chi connectivity index (χ4n) is 3.95. The molecule has 0 amide bonds. The van der Waals surface area contributed by atoms with Gasteiger partial charge in [0.1, 0.15) is 11.5 Å². The zero-order valence-electron chi connectivity index (χ0n) is 19.7. The van der Waals surface area contributed by atoms with Gasteiger partial charge in [-0.3, -0.25) is 4.90 Å². The average Bonchev–Trinajstić information content (AvgIpc) is 3.10. The molecule has 3 rings (SSSR count). The van der Waals surface area contributed by atoms with E-state index in [0.717, 1.165) is 81.6 Å². The summed E-state index contributed by atoms with van der Waals surface area (Å²) in [5, 5.41) is 6.72. The Morgan fingerprint density at radius 3 is 2.56 bits per heavy atom. The van der Waals surface area contributed by atoms with Gasteiger partial charge in [-0.25, -0.2) is 4.99 Å². The molecule has 1 aliphatic heterocycles. The molecule has 7 heteroatoms. The topological polar surface area (TPSA) is 62.0 Å². The molecule has 178 valence electrons. The standard InChI is InChI=1S/C25H38N4O2.HI/c1-4-26-25(28-18-23-17-20(2)31-21(23)3)27-13-8-16-30-24-11-14-29(15-12-24)19-22-9-6-5-7-10-22;/h5-7,9-10,17,24H,4,8,11-16,18-19H2,1-3H3,(H2,26,27,28);1H. The summed E-state index contributed by atoms with van der Waals surface area (Å²) in [6.07, 6.45) is 3.60. The van der Waals surface area contributed by atoms with Crippen molar-refractivity contribution < 1.29 is 9.15 Å². The van der Waals surface area contributed by atoms with Crippen molar-refractivity contribution in [3.63, 3.8) is 0 Å². The van der Waals surface area contributed by atoms with Crippen LogP contribution in [0.15, 0.2) is 45.8 Å². The number of nitrogens with zero attached hydrogens (tertiary/aromatic N) is 2. The van der Waals surface area contributed by atoms with Gasteiger partial charge in [-0.15, -0.1) is 24.0 Å². The number of ether oxygens (including phenoxy) is 1. The number of hydrogen-bond donors (Lipinski definition) is 2. The van der Waals surface area contributed by atoms with E-state index in [1.807, 2.05) is 13.8 Å². The fourth-order valence-corrected chi connectivity index (χ4v) is 3.95. The molecule has 1 aromatic heterocycles. The highest BCUT2D eigenvalue weighted by atomic mass is 127. The highest BCUT2D eigenvalue weighted by Crippen LogP contribution is 2.16. The first-order chi connectivity index (χ1) is 15.1. The number of rotatable bonds is 10. The molecule has 2 aromatic rings. The largest absolute Gasteiger partial charge is 0.466 e. The van der Waals surface area contributed by atoms with Crippen molar-refractivity contribution in [2.24, 2.45) is 4.99 Å². The second-order valence-electron chi connectivity index (χ2n) is 8.25. The zero-order valence-corrected chi connectivity index (χ0v) is 22.1. The van der Waals surface area contributed by atoms with Gasteiger partial charge in [0.15, 0.2) is 5.96 Å². The summed E-state index contributed by atoms with van der Waals surface area (Å²) in [6, 6.07) is 12.8. The lowest BCUT2D eigenvalue weighted by atomic mass is 10.1. The summed E-state index contributed by atoms with van der Waals surface area (Å²) in [5.74, 6) is 2.72. The van der Waals surface area contributed by atoms with Crippen LogP contribution in [0.4, 0.5) is 0 Å². The smallest absolute Gasteiger partial charge is 0.191 e. The minimum Gasteiger partial charge on any atom is -0.466 e. The number of aryl methyl sites for hydroxylation is 2. The van der Waals surface area contributed by atoms with Crippen LogP contribution in [0.3, 0.4) is 0 Å². The molecular weight excluding hydrogens is 515 g/mol. The molecule has 0 bridgehead atoms. The Morgan fingerprint density at radius 1 is 1.16 bits per heavy atom. The van der Waals surface area contributed by atoms with E-state index in [4.69, 9.17) is 9.15 Å². The van der Waals surface area contributed by atoms with Gasteiger partial charge in [-0.2, -0.15) is 0 Å². The van der Waals surface area contributed by atoms with Crippen molar-refractivity contribution in [1.82, 2.24) is 15.5 Å². The Bertz CT molecular complexity index is 802. The van der Waals surface area contributed by atoms with E-state index >= 15 is 0 Å². The summed E-state index contributed by atoms with van der Waals surface area (Å²) in [4.78, 5) is 7.20. The number of guanidine groups is 1. The lowest BCUT2D eigenvalue weighted by Crippen LogP contribution is -2.38. The number of likely N-dealkylation sites (tertiary alicyclic amines) is 1. The molecule has 0 spiro atoms. The number of piperidine rings is 1. The number of aliphatic imine (C=N–C) groups is 1. The van der Waals surface area contributed by atoms with Crippen molar-refractivity contribution in [2.75, 3.05) is 32.8 Å². The molecule has 1 aromatic carbocycles. The van der Waals surface area contributed by atoms with E-state index in [-0.39, 0.29) is 24.0 Å². The van der Waals surface area contributed by atoms with Crippen LogP contribution < -0.4 is 10.6 Å². The third-order valence-corrected chi connectivity index (χ3v) is 5.65. The Hall–Kier alpha value is -1.58. The Kier molecular flexibility index (Phi) is 12.1. The SMILES string of the molecule is CCNC(=NCc1cc(C)oc1C)NCCCOC1CCN(Cc2ccccc2)CC1.I. The highest BCUT2D eigenvalue weighted by molar-refractivity contribution is 14.0. The maximum Gasteiger partial charge on any atom is 0.191 e. The summed E-state index contributed by atoms with van der Waals surface area (Å²) in [6.45, 7) is 12.4. The van der Waals surface area contributed by atoms with Gasteiger partial charge in [0.25, 0.3) is 0 Å². The first-order valence-corrected chi connectivity index (χ1v) is 11.6. The predicted octanol–water partition coefficient (Wildman–Crippen LogP) is 4.64. The number of benzene rings is 1. The Labute approximate surface area is 210 Å². The highest BCUT2D eigenvalue weighted by Gasteiger charge is 2.19. The number of furan rings is 1. The van der Waals surface area contributed by atoms with Crippen LogP contribution in [0.2, 0.25) is 0 Å². The average molecular weight is 555 g/mol. The van der Waals surface area contributed by atoms with Crippen LogP contribution >= 0.6 is 24.0 Å². The first kappa shape index (κ1) is 26.7. The summed E-state index contributed by atoms with van der Waals surface area (Å²) in [5.41, 5.74) is 2.53. The van der Waals surface area contributed by atoms with E-state index < -0.39 is 0 Å². The maximum atomic E-state index is 6.13. The first-order valence-electron chi connectivity index (χ1n) is 11.6. The second kappa shape index (κ2) is 14.5. The summed E-state index contributed by atoms with van der Waals surface area (Å²) >= 11 is 0. The lowest BCUT2D eigenvalue weighted by Gasteiger charge is -2.32. The van der Waals surface area contributed by atoms with Crippen LogP contribution in [0.25, 0.3) is 0 Å². The molecule has 32 heavy (non-hydrogen) atoms. The molecule has 0 aliphatic carbocycles. The van der Waals surface area contributed by atoms with Crippen molar-refractivity contribution in [3.8, 4) is 0 Å². The van der Waals surface area contributed by atoms with Gasteiger partial charge in [0.2, 0.25) is 0 Å². The lowest BCUT2D eigenvalue weighted by molar-refractivity contribution is 0.00534. The molecule has 2 N–H and O–H groups in total. The molecule has 1 aliphatic rings. The molecule has 0 saturated carbocycles. The molecule has 0 unspecified atom stereocenters. The minimum atomic E-state index is 0. The fraction of sp³-hybridized carbons (Fsp3) is 0.560. The van der Waals surface area contributed by atoms with E-state index in [9.17, 15) is 0 Å². The number of hydrogen-bond acceptors (Lipinski definition) is 4. The van der Waals surface area contributed by atoms with E-state index in [0.29, 0.717) is 12.6 Å². The van der Waals surface area contributed by atoms with Crippen LogP contribution in [0.5, 0.6) is 0 Å². The molecule has 0 radical (unpaired) electrons. The monoisotopic (exact) mass is 554 g/mol. The third kappa shape index (κ3) is 9.11. The minimum absolute atomic E-state index is 0. The molecule has 0 atom stereocenters. The number of nitrogens with one attached hydrogen (secondary N) is 2. The molecular formula is C25H39IN4O2. The summed E-state index contributed by atoms with van der Waals surface area (Å²) < 4.78 is 11.7. The van der Waals surface area contributed by atoms with Gasteiger partial charge in [0, 0.05) is 44.9 Å².